The minimum absolute atomic E-state index is 1.20. The van der Waals surface area contributed by atoms with E-state index in [0.717, 1.165) is 0 Å². The summed E-state index contributed by atoms with van der Waals surface area (Å²) in [6.45, 7) is 2.21. The van der Waals surface area contributed by atoms with Gasteiger partial charge in [-0.25, -0.2) is 0 Å². The number of rotatable bonds is 3. The van der Waals surface area contributed by atoms with Crippen molar-refractivity contribution in [2.75, 3.05) is 14.1 Å². The van der Waals surface area contributed by atoms with Crippen LogP contribution in [-0.4, -0.2) is 14.1 Å². The van der Waals surface area contributed by atoms with Crippen LogP contribution in [0, 0.1) is 0 Å². The minimum Gasteiger partial charge on any atom is -0.307 e. The molecule has 0 saturated carbocycles. The Balaban J connectivity index is 2.71. The van der Waals surface area contributed by atoms with Gasteiger partial charge in [0.25, 0.3) is 0 Å². The highest BCUT2D eigenvalue weighted by atomic mass is 15.1. The highest BCUT2D eigenvalue weighted by Crippen LogP contribution is 2.06. The summed E-state index contributed by atoms with van der Waals surface area (Å²) in [5.74, 6) is 0. The zero-order chi connectivity index (χ0) is 8.97. The van der Waals surface area contributed by atoms with Crippen molar-refractivity contribution in [3.63, 3.8) is 0 Å². The number of quaternary nitrogens is 1. The van der Waals surface area contributed by atoms with Gasteiger partial charge in [0.15, 0.2) is 0 Å². The second-order valence-electron chi connectivity index (χ2n) is 3.45. The van der Waals surface area contributed by atoms with Crippen LogP contribution in [0.2, 0.25) is 0 Å². The molecule has 1 N–H and O–H groups in total. The van der Waals surface area contributed by atoms with Gasteiger partial charge in [0, 0.05) is 0 Å². The topological polar surface area (TPSA) is 4.44 Å². The van der Waals surface area contributed by atoms with Gasteiger partial charge in [0.1, 0.15) is 5.69 Å². The smallest absolute Gasteiger partial charge is 0.130 e. The van der Waals surface area contributed by atoms with Crippen LogP contribution in [0.15, 0.2) is 24.3 Å². The van der Waals surface area contributed by atoms with Crippen molar-refractivity contribution < 1.29 is 4.90 Å². The summed E-state index contributed by atoms with van der Waals surface area (Å²) < 4.78 is 0. The van der Waals surface area contributed by atoms with Crippen LogP contribution in [0.25, 0.3) is 0 Å². The third-order valence-electron chi connectivity index (χ3n) is 2.07. The lowest BCUT2D eigenvalue weighted by atomic mass is 10.1. The van der Waals surface area contributed by atoms with Crippen molar-refractivity contribution in [3.05, 3.63) is 29.8 Å². The number of hydrogen-bond acceptors (Lipinski definition) is 0. The highest BCUT2D eigenvalue weighted by Gasteiger charge is 1.98. The predicted molar refractivity (Wildman–Crippen MR) is 52.9 cm³/mol. The largest absolute Gasteiger partial charge is 0.307 e. The van der Waals surface area contributed by atoms with E-state index in [1.165, 1.54) is 29.0 Å². The van der Waals surface area contributed by atoms with Gasteiger partial charge in [-0.05, 0) is 24.1 Å². The van der Waals surface area contributed by atoms with Gasteiger partial charge in [-0.15, -0.1) is 0 Å². The fraction of sp³-hybridized carbons (Fsp3) is 0.455. The number of hydrogen-bond donors (Lipinski definition) is 1. The zero-order valence-electron chi connectivity index (χ0n) is 8.22. The number of aryl methyl sites for hydroxylation is 1. The van der Waals surface area contributed by atoms with Crippen LogP contribution < -0.4 is 4.90 Å². The Hall–Kier alpha value is -0.820. The predicted octanol–water partition coefficient (Wildman–Crippen LogP) is 1.42. The first-order valence-corrected chi connectivity index (χ1v) is 4.63. The first-order chi connectivity index (χ1) is 5.74. The summed E-state index contributed by atoms with van der Waals surface area (Å²) in [5.41, 5.74) is 2.80. The van der Waals surface area contributed by atoms with Gasteiger partial charge in [0.2, 0.25) is 0 Å². The van der Waals surface area contributed by atoms with Gasteiger partial charge in [0.05, 0.1) is 14.1 Å². The van der Waals surface area contributed by atoms with Gasteiger partial charge >= 0.3 is 0 Å². The highest BCUT2D eigenvalue weighted by molar-refractivity contribution is 5.32. The average molecular weight is 164 g/mol. The van der Waals surface area contributed by atoms with E-state index < -0.39 is 0 Å². The molecule has 12 heavy (non-hydrogen) atoms. The first kappa shape index (κ1) is 9.27. The van der Waals surface area contributed by atoms with E-state index >= 15 is 0 Å². The molecule has 0 radical (unpaired) electrons. The summed E-state index contributed by atoms with van der Waals surface area (Å²) in [6.07, 6.45) is 2.43. The quantitative estimate of drug-likeness (QED) is 0.689. The zero-order valence-corrected chi connectivity index (χ0v) is 8.22. The summed E-state index contributed by atoms with van der Waals surface area (Å²) in [6, 6.07) is 8.87. The standard InChI is InChI=1S/C11H17N/c1-4-5-10-6-8-11(9-7-10)12(2)3/h6-9H,4-5H2,1-3H3/p+1. The van der Waals surface area contributed by atoms with Crippen LogP contribution in [0.5, 0.6) is 0 Å². The molecule has 0 aromatic heterocycles. The SMILES string of the molecule is CCCc1ccc([NH+](C)C)cc1. The molecule has 0 atom stereocenters. The fourth-order valence-electron chi connectivity index (χ4n) is 1.29. The lowest BCUT2D eigenvalue weighted by Gasteiger charge is -2.06. The molecule has 1 nitrogen and oxygen atoms in total. The van der Waals surface area contributed by atoms with Crippen molar-refractivity contribution in [3.8, 4) is 0 Å². The van der Waals surface area contributed by atoms with Crippen LogP contribution in [-0.2, 0) is 6.42 Å². The maximum absolute atomic E-state index is 2.23. The summed E-state index contributed by atoms with van der Waals surface area (Å²) in [4.78, 5) is 1.39. The Morgan fingerprint density at radius 1 is 1.08 bits per heavy atom. The van der Waals surface area contributed by atoms with Gasteiger partial charge in [-0.1, -0.05) is 25.5 Å². The van der Waals surface area contributed by atoms with E-state index in [-0.39, 0.29) is 0 Å². The average Bonchev–Trinajstić information content (AvgIpc) is 2.06. The van der Waals surface area contributed by atoms with Crippen LogP contribution in [0.3, 0.4) is 0 Å². The molecule has 0 spiro atoms. The maximum atomic E-state index is 2.23. The molecule has 0 aliphatic heterocycles. The van der Waals surface area contributed by atoms with E-state index in [2.05, 4.69) is 45.3 Å². The van der Waals surface area contributed by atoms with E-state index in [4.69, 9.17) is 0 Å². The van der Waals surface area contributed by atoms with E-state index in [1.54, 1.807) is 0 Å². The van der Waals surface area contributed by atoms with Crippen LogP contribution in [0.1, 0.15) is 18.9 Å². The molecule has 1 aromatic carbocycles. The van der Waals surface area contributed by atoms with Crippen LogP contribution >= 0.6 is 0 Å². The Bertz CT molecular complexity index is 223. The van der Waals surface area contributed by atoms with Crippen LogP contribution in [0.4, 0.5) is 5.69 Å². The van der Waals surface area contributed by atoms with Crippen molar-refractivity contribution in [1.29, 1.82) is 0 Å². The molecule has 0 unspecified atom stereocenters. The van der Waals surface area contributed by atoms with E-state index in [0.29, 0.717) is 0 Å². The molecular formula is C11H18N+. The van der Waals surface area contributed by atoms with Crippen molar-refractivity contribution in [2.45, 2.75) is 19.8 Å². The second kappa shape index (κ2) is 4.27. The number of nitrogens with one attached hydrogen (secondary N) is 1. The minimum atomic E-state index is 1.20. The summed E-state index contributed by atoms with van der Waals surface area (Å²) >= 11 is 0. The van der Waals surface area contributed by atoms with Crippen molar-refractivity contribution >= 4 is 5.69 Å². The fourth-order valence-corrected chi connectivity index (χ4v) is 1.29. The molecule has 1 heteroatoms. The first-order valence-electron chi connectivity index (χ1n) is 4.63. The monoisotopic (exact) mass is 164 g/mol. The van der Waals surface area contributed by atoms with Gasteiger partial charge in [-0.2, -0.15) is 0 Å². The molecule has 66 valence electrons. The molecule has 0 aliphatic carbocycles. The molecule has 0 fully saturated rings. The van der Waals surface area contributed by atoms with E-state index in [1.807, 2.05) is 0 Å². The Morgan fingerprint density at radius 3 is 2.08 bits per heavy atom. The lowest BCUT2D eigenvalue weighted by Crippen LogP contribution is -3.00. The van der Waals surface area contributed by atoms with Gasteiger partial charge in [-0.3, -0.25) is 0 Å². The molecule has 1 rings (SSSR count). The number of benzene rings is 1. The Labute approximate surface area is 75.0 Å². The second-order valence-corrected chi connectivity index (χ2v) is 3.45. The molecule has 1 aromatic rings. The van der Waals surface area contributed by atoms with Gasteiger partial charge < -0.3 is 4.90 Å². The normalized spacial score (nSPS) is 10.7. The maximum Gasteiger partial charge on any atom is 0.130 e. The van der Waals surface area contributed by atoms with E-state index in [9.17, 15) is 0 Å². The van der Waals surface area contributed by atoms with Crippen molar-refractivity contribution in [1.82, 2.24) is 0 Å². The molecule has 0 saturated heterocycles. The third-order valence-corrected chi connectivity index (χ3v) is 2.07. The molecular weight excluding hydrogens is 146 g/mol. The summed E-state index contributed by atoms with van der Waals surface area (Å²) in [7, 11) is 4.30. The van der Waals surface area contributed by atoms with Crippen molar-refractivity contribution in [2.24, 2.45) is 0 Å². The molecule has 0 aliphatic rings. The lowest BCUT2D eigenvalue weighted by molar-refractivity contribution is -0.786. The summed E-state index contributed by atoms with van der Waals surface area (Å²) in [5, 5.41) is 0. The molecule has 0 heterocycles. The Kier molecular flexibility index (Phi) is 3.30. The molecule has 0 bridgehead atoms. The Morgan fingerprint density at radius 2 is 1.67 bits per heavy atom. The molecule has 0 amide bonds. The third kappa shape index (κ3) is 2.35.